The van der Waals surface area contributed by atoms with Gasteiger partial charge in [-0.2, -0.15) is 5.10 Å². The molecule has 1 amide bonds. The minimum atomic E-state index is 0.226. The number of fused-ring (bicyclic) bond motifs is 1. The number of hydrogen-bond acceptors (Lipinski definition) is 3. The fourth-order valence-corrected chi connectivity index (χ4v) is 4.88. The predicted octanol–water partition coefficient (Wildman–Crippen LogP) is 3.37. The normalized spacial score (nSPS) is 21.6. The predicted molar refractivity (Wildman–Crippen MR) is 87.4 cm³/mol. The van der Waals surface area contributed by atoms with E-state index in [9.17, 15) is 4.79 Å². The van der Waals surface area contributed by atoms with Crippen molar-refractivity contribution in [2.75, 3.05) is 13.1 Å². The van der Waals surface area contributed by atoms with Crippen LogP contribution in [0.1, 0.15) is 57.4 Å². The molecule has 0 unspecified atom stereocenters. The zero-order valence-electron chi connectivity index (χ0n) is 12.7. The van der Waals surface area contributed by atoms with E-state index in [0.717, 1.165) is 49.3 Å². The molecule has 1 atom stereocenters. The molecule has 1 aliphatic carbocycles. The molecule has 2 aromatic heterocycles. The maximum absolute atomic E-state index is 12.8. The third-order valence-electron chi connectivity index (χ3n) is 4.88. The van der Waals surface area contributed by atoms with E-state index >= 15 is 0 Å². The molecule has 116 valence electrons. The maximum atomic E-state index is 12.8. The molecule has 3 heterocycles. The van der Waals surface area contributed by atoms with Gasteiger partial charge in [-0.25, -0.2) is 0 Å². The Morgan fingerprint density at radius 1 is 1.32 bits per heavy atom. The SMILES string of the molecule is O=C(c1cc2c(s1)CCCC2)N1CCC[C@H](c2ccn[nH]2)C1. The number of aromatic nitrogens is 2. The number of thiophene rings is 1. The molecule has 1 aliphatic heterocycles. The second-order valence-corrected chi connectivity index (χ2v) is 7.51. The lowest BCUT2D eigenvalue weighted by molar-refractivity contribution is 0.0710. The highest BCUT2D eigenvalue weighted by atomic mass is 32.1. The number of amides is 1. The van der Waals surface area contributed by atoms with Gasteiger partial charge < -0.3 is 4.90 Å². The lowest BCUT2D eigenvalue weighted by atomic mass is 9.94. The van der Waals surface area contributed by atoms with Crippen LogP contribution in [0.3, 0.4) is 0 Å². The number of carbonyl (C=O) groups is 1. The van der Waals surface area contributed by atoms with Crippen molar-refractivity contribution in [2.45, 2.75) is 44.4 Å². The zero-order chi connectivity index (χ0) is 14.9. The molecule has 4 nitrogen and oxygen atoms in total. The molecule has 1 saturated heterocycles. The summed E-state index contributed by atoms with van der Waals surface area (Å²) in [6, 6.07) is 4.18. The molecule has 0 radical (unpaired) electrons. The van der Waals surface area contributed by atoms with Crippen molar-refractivity contribution in [1.82, 2.24) is 15.1 Å². The number of nitrogens with one attached hydrogen (secondary N) is 1. The number of aromatic amines is 1. The van der Waals surface area contributed by atoms with Crippen LogP contribution in [-0.4, -0.2) is 34.1 Å². The molecule has 2 aromatic rings. The standard InChI is InChI=1S/C17H21N3OS/c21-17(16-10-12-4-1-2-6-15(12)22-16)20-9-3-5-13(11-20)14-7-8-18-19-14/h7-8,10,13H,1-6,9,11H2,(H,18,19)/t13-/m0/s1. The summed E-state index contributed by atoms with van der Waals surface area (Å²) in [6.07, 6.45) is 8.84. The van der Waals surface area contributed by atoms with Gasteiger partial charge in [-0.15, -0.1) is 11.3 Å². The number of rotatable bonds is 2. The molecule has 22 heavy (non-hydrogen) atoms. The quantitative estimate of drug-likeness (QED) is 0.923. The number of H-pyrrole nitrogens is 1. The Hall–Kier alpha value is -1.62. The van der Waals surface area contributed by atoms with E-state index in [-0.39, 0.29) is 5.91 Å². The average molecular weight is 315 g/mol. The number of piperidine rings is 1. The lowest BCUT2D eigenvalue weighted by Gasteiger charge is -2.32. The number of hydrogen-bond donors (Lipinski definition) is 1. The molecule has 5 heteroatoms. The molecule has 0 aromatic carbocycles. The summed E-state index contributed by atoms with van der Waals surface area (Å²) in [7, 11) is 0. The van der Waals surface area contributed by atoms with Gasteiger partial charge in [-0.3, -0.25) is 9.89 Å². The molecule has 0 spiro atoms. The van der Waals surface area contributed by atoms with Crippen LogP contribution in [-0.2, 0) is 12.8 Å². The number of aryl methyl sites for hydroxylation is 2. The van der Waals surface area contributed by atoms with Gasteiger partial charge in [0.2, 0.25) is 0 Å². The van der Waals surface area contributed by atoms with E-state index < -0.39 is 0 Å². The zero-order valence-corrected chi connectivity index (χ0v) is 13.5. The second kappa shape index (κ2) is 5.88. The third-order valence-corrected chi connectivity index (χ3v) is 6.10. The van der Waals surface area contributed by atoms with Crippen molar-refractivity contribution in [2.24, 2.45) is 0 Å². The Balaban J connectivity index is 1.51. The van der Waals surface area contributed by atoms with Gasteiger partial charge in [-0.05, 0) is 56.2 Å². The van der Waals surface area contributed by atoms with E-state index in [1.165, 1.54) is 23.3 Å². The van der Waals surface area contributed by atoms with E-state index in [1.807, 2.05) is 11.0 Å². The molecule has 1 N–H and O–H groups in total. The van der Waals surface area contributed by atoms with E-state index in [0.29, 0.717) is 5.92 Å². The monoisotopic (exact) mass is 315 g/mol. The van der Waals surface area contributed by atoms with Crippen molar-refractivity contribution in [3.63, 3.8) is 0 Å². The second-order valence-electron chi connectivity index (χ2n) is 6.37. The Morgan fingerprint density at radius 3 is 3.05 bits per heavy atom. The molecule has 4 rings (SSSR count). The van der Waals surface area contributed by atoms with Crippen LogP contribution in [0.25, 0.3) is 0 Å². The molecule has 0 bridgehead atoms. The van der Waals surface area contributed by atoms with Crippen molar-refractivity contribution in [1.29, 1.82) is 0 Å². The summed E-state index contributed by atoms with van der Waals surface area (Å²) in [6.45, 7) is 1.69. The first-order valence-corrected chi connectivity index (χ1v) is 9.03. The van der Waals surface area contributed by atoms with Gasteiger partial charge in [0.1, 0.15) is 0 Å². The Labute approximate surface area is 134 Å². The molecule has 0 saturated carbocycles. The largest absolute Gasteiger partial charge is 0.337 e. The average Bonchev–Trinajstić information content (AvgIpc) is 3.23. The van der Waals surface area contributed by atoms with Crippen molar-refractivity contribution < 1.29 is 4.79 Å². The molecular formula is C17H21N3OS. The summed E-state index contributed by atoms with van der Waals surface area (Å²) in [5.41, 5.74) is 2.57. The third kappa shape index (κ3) is 2.58. The van der Waals surface area contributed by atoms with Crippen LogP contribution in [0.5, 0.6) is 0 Å². The molecular weight excluding hydrogens is 294 g/mol. The fourth-order valence-electron chi connectivity index (χ4n) is 3.66. The fraction of sp³-hybridized carbons (Fsp3) is 0.529. The van der Waals surface area contributed by atoms with Gasteiger partial charge in [0.25, 0.3) is 5.91 Å². The Bertz CT molecular complexity index is 638. The van der Waals surface area contributed by atoms with Gasteiger partial charge in [-0.1, -0.05) is 0 Å². The highest BCUT2D eigenvalue weighted by Gasteiger charge is 2.28. The first-order chi connectivity index (χ1) is 10.8. The molecule has 1 fully saturated rings. The molecule has 2 aliphatic rings. The summed E-state index contributed by atoms with van der Waals surface area (Å²) < 4.78 is 0. The van der Waals surface area contributed by atoms with Crippen LogP contribution >= 0.6 is 11.3 Å². The first kappa shape index (κ1) is 14.0. The summed E-state index contributed by atoms with van der Waals surface area (Å²) in [4.78, 5) is 17.3. The van der Waals surface area contributed by atoms with E-state index in [1.54, 1.807) is 17.5 Å². The smallest absolute Gasteiger partial charge is 0.263 e. The first-order valence-electron chi connectivity index (χ1n) is 8.21. The van der Waals surface area contributed by atoms with Gasteiger partial charge in [0.05, 0.1) is 4.88 Å². The van der Waals surface area contributed by atoms with Gasteiger partial charge >= 0.3 is 0 Å². The van der Waals surface area contributed by atoms with Crippen molar-refractivity contribution >= 4 is 17.2 Å². The van der Waals surface area contributed by atoms with Gasteiger partial charge in [0, 0.05) is 35.8 Å². The number of likely N-dealkylation sites (tertiary alicyclic amines) is 1. The van der Waals surface area contributed by atoms with Crippen LogP contribution in [0.2, 0.25) is 0 Å². The summed E-state index contributed by atoms with van der Waals surface area (Å²) in [5.74, 6) is 0.624. The van der Waals surface area contributed by atoms with Crippen LogP contribution in [0.4, 0.5) is 0 Å². The Kier molecular flexibility index (Phi) is 3.74. The topological polar surface area (TPSA) is 49.0 Å². The Morgan fingerprint density at radius 2 is 2.23 bits per heavy atom. The number of nitrogens with zero attached hydrogens (tertiary/aromatic N) is 2. The highest BCUT2D eigenvalue weighted by Crippen LogP contribution is 2.32. The lowest BCUT2D eigenvalue weighted by Crippen LogP contribution is -2.38. The van der Waals surface area contributed by atoms with E-state index in [2.05, 4.69) is 16.3 Å². The highest BCUT2D eigenvalue weighted by molar-refractivity contribution is 7.14. The van der Waals surface area contributed by atoms with Crippen LogP contribution < -0.4 is 0 Å². The van der Waals surface area contributed by atoms with Crippen LogP contribution in [0.15, 0.2) is 18.3 Å². The van der Waals surface area contributed by atoms with Gasteiger partial charge in [0.15, 0.2) is 0 Å². The minimum absolute atomic E-state index is 0.226. The number of carbonyl (C=O) groups excluding carboxylic acids is 1. The summed E-state index contributed by atoms with van der Waals surface area (Å²) >= 11 is 1.72. The summed E-state index contributed by atoms with van der Waals surface area (Å²) in [5, 5.41) is 7.10. The van der Waals surface area contributed by atoms with Crippen molar-refractivity contribution in [3.8, 4) is 0 Å². The van der Waals surface area contributed by atoms with Crippen molar-refractivity contribution in [3.05, 3.63) is 39.3 Å². The maximum Gasteiger partial charge on any atom is 0.263 e. The van der Waals surface area contributed by atoms with Crippen LogP contribution in [0, 0.1) is 0 Å². The van der Waals surface area contributed by atoms with E-state index in [4.69, 9.17) is 0 Å². The minimum Gasteiger partial charge on any atom is -0.337 e.